The van der Waals surface area contributed by atoms with Gasteiger partial charge in [0, 0.05) is 20.2 Å². The van der Waals surface area contributed by atoms with E-state index in [1.165, 1.54) is 11.0 Å². The summed E-state index contributed by atoms with van der Waals surface area (Å²) in [6.07, 6.45) is 0. The summed E-state index contributed by atoms with van der Waals surface area (Å²) in [5.74, 6) is 0. The zero-order valence-corrected chi connectivity index (χ0v) is 16.8. The molecule has 0 saturated carbocycles. The highest BCUT2D eigenvalue weighted by Crippen LogP contribution is 2.46. The molecule has 0 fully saturated rings. The maximum Gasteiger partial charge on any atom is 0.210 e. The van der Waals surface area contributed by atoms with Gasteiger partial charge in [-0.2, -0.15) is 0 Å². The molecule has 1 heterocycles. The van der Waals surface area contributed by atoms with E-state index < -0.39 is 8.07 Å². The van der Waals surface area contributed by atoms with Crippen molar-refractivity contribution < 1.29 is 0 Å². The van der Waals surface area contributed by atoms with Gasteiger partial charge < -0.3 is 9.13 Å². The maximum atomic E-state index is 5.33. The van der Waals surface area contributed by atoms with Crippen LogP contribution in [0.25, 0.3) is 11.0 Å². The average molecular weight is 333 g/mol. The van der Waals surface area contributed by atoms with Crippen LogP contribution in [-0.4, -0.2) is 20.5 Å². The molecule has 1 aromatic carbocycles. The molecule has 0 saturated heterocycles. The summed E-state index contributed by atoms with van der Waals surface area (Å²) in [6.45, 7) is 18.2. The summed E-state index contributed by atoms with van der Waals surface area (Å²) in [7, 11) is -0.390. The van der Waals surface area contributed by atoms with Crippen LogP contribution >= 0.6 is 8.07 Å². The summed E-state index contributed by atoms with van der Waals surface area (Å²) < 4.78 is 10.2. The van der Waals surface area contributed by atoms with E-state index in [-0.39, 0.29) is 0 Å². The smallest absolute Gasteiger partial charge is 0.210 e. The largest absolute Gasteiger partial charge is 0.307 e. The number of rotatable bonds is 5. The minimum Gasteiger partial charge on any atom is -0.307 e. The van der Waals surface area contributed by atoms with Gasteiger partial charge in [-0.15, -0.1) is 0 Å². The number of hydrogen-bond acceptors (Lipinski definition) is 1. The summed E-state index contributed by atoms with van der Waals surface area (Å²) in [6, 6.07) is 9.50. The molecule has 0 atom stereocenters. The third-order valence-electron chi connectivity index (χ3n) is 4.13. The van der Waals surface area contributed by atoms with Crippen molar-refractivity contribution in [3.05, 3.63) is 29.9 Å². The second-order valence-corrected chi connectivity index (χ2v) is 10.4. The van der Waals surface area contributed by atoms with Gasteiger partial charge in [-0.25, -0.2) is 4.76 Å². The average Bonchev–Trinajstić information content (AvgIpc) is 2.77. The number of hydrogen-bond donors (Lipinski definition) is 0. The molecule has 2 rings (SSSR count). The van der Waals surface area contributed by atoms with E-state index in [2.05, 4.69) is 88.8 Å². The van der Waals surface area contributed by atoms with Gasteiger partial charge in [-0.3, -0.25) is 0 Å². The van der Waals surface area contributed by atoms with Crippen LogP contribution in [0.2, 0.25) is 0 Å². The lowest BCUT2D eigenvalue weighted by molar-refractivity contribution is 0.524. The zero-order valence-electron chi connectivity index (χ0n) is 15.9. The van der Waals surface area contributed by atoms with Crippen molar-refractivity contribution in [1.82, 2.24) is 9.13 Å². The van der Waals surface area contributed by atoms with Crippen molar-refractivity contribution in [2.45, 2.75) is 78.8 Å². The lowest BCUT2D eigenvalue weighted by Gasteiger charge is -2.21. The number of nitrogens with zero attached hydrogens (tertiary/aromatic N) is 3. The van der Waals surface area contributed by atoms with Crippen molar-refractivity contribution in [2.75, 3.05) is 0 Å². The molecule has 3 nitrogen and oxygen atoms in total. The quantitative estimate of drug-likeness (QED) is 0.625. The third kappa shape index (κ3) is 3.55. The molecule has 1 aromatic heterocycles. The number of para-hydroxylation sites is 2. The van der Waals surface area contributed by atoms with Crippen molar-refractivity contribution >= 4 is 19.1 Å². The molecule has 0 amide bonds. The molecule has 0 bridgehead atoms. The fourth-order valence-electron chi connectivity index (χ4n) is 3.25. The van der Waals surface area contributed by atoms with Gasteiger partial charge >= 0.3 is 0 Å². The first-order chi connectivity index (χ1) is 10.8. The topological polar surface area (TPSA) is 22.2 Å². The van der Waals surface area contributed by atoms with Crippen LogP contribution in [0.15, 0.2) is 29.0 Å². The van der Waals surface area contributed by atoms with Gasteiger partial charge in [0.15, 0.2) is 0 Å². The van der Waals surface area contributed by atoms with Gasteiger partial charge in [0.2, 0.25) is 5.62 Å². The van der Waals surface area contributed by atoms with Gasteiger partial charge in [-0.05, 0) is 51.1 Å². The Labute approximate surface area is 142 Å². The number of imidazole rings is 1. The van der Waals surface area contributed by atoms with Crippen LogP contribution in [-0.2, 0) is 0 Å². The summed E-state index contributed by atoms with van der Waals surface area (Å²) in [4.78, 5) is 0. The van der Waals surface area contributed by atoms with E-state index in [0.717, 1.165) is 5.62 Å². The number of fused-ring (bicyclic) bond motifs is 1. The van der Waals surface area contributed by atoms with E-state index in [1.54, 1.807) is 0 Å². The summed E-state index contributed by atoms with van der Waals surface area (Å²) >= 11 is 0. The monoisotopic (exact) mass is 333 g/mol. The predicted molar refractivity (Wildman–Crippen MR) is 103 cm³/mol. The lowest BCUT2D eigenvalue weighted by atomic mass is 10.3. The molecule has 128 valence electrons. The summed E-state index contributed by atoms with van der Waals surface area (Å²) in [5.41, 5.74) is 4.92. The normalized spacial score (nSPS) is 12.6. The van der Waals surface area contributed by atoms with E-state index in [4.69, 9.17) is 4.76 Å². The van der Waals surface area contributed by atoms with Crippen LogP contribution in [0.4, 0.5) is 0 Å². The Kier molecular flexibility index (Phi) is 5.73. The molecule has 0 aliphatic rings. The second-order valence-electron chi connectivity index (χ2n) is 7.38. The molecular weight excluding hydrogens is 301 g/mol. The molecule has 4 heteroatoms. The zero-order chi connectivity index (χ0) is 17.3. The molecule has 0 radical (unpaired) electrons. The van der Waals surface area contributed by atoms with E-state index >= 15 is 0 Å². The van der Waals surface area contributed by atoms with Gasteiger partial charge in [0.05, 0.1) is 11.0 Å². The third-order valence-corrected chi connectivity index (χ3v) is 6.65. The SMILES string of the molecule is CC(C)n1c(=NP(C(C)C)C(C)C)n(C(C)C)c2ccccc21. The Morgan fingerprint density at radius 1 is 0.739 bits per heavy atom. The Bertz CT molecular complexity index is 664. The first-order valence-electron chi connectivity index (χ1n) is 8.80. The highest BCUT2D eigenvalue weighted by atomic mass is 31.1. The highest BCUT2D eigenvalue weighted by molar-refractivity contribution is 7.57. The minimum atomic E-state index is -0.390. The minimum absolute atomic E-state index is 0.390. The number of benzene rings is 1. The van der Waals surface area contributed by atoms with E-state index in [0.29, 0.717) is 23.4 Å². The van der Waals surface area contributed by atoms with Crippen molar-refractivity contribution in [3.63, 3.8) is 0 Å². The summed E-state index contributed by atoms with van der Waals surface area (Å²) in [5, 5.41) is 0. The van der Waals surface area contributed by atoms with E-state index in [9.17, 15) is 0 Å². The predicted octanol–water partition coefficient (Wildman–Crippen LogP) is 5.72. The Balaban J connectivity index is 2.89. The fraction of sp³-hybridized carbons (Fsp3) is 0.632. The van der Waals surface area contributed by atoms with Gasteiger partial charge in [0.1, 0.15) is 0 Å². The van der Waals surface area contributed by atoms with Crippen LogP contribution in [0.3, 0.4) is 0 Å². The lowest BCUT2D eigenvalue weighted by Crippen LogP contribution is -2.29. The maximum absolute atomic E-state index is 5.33. The molecule has 0 unspecified atom stereocenters. The van der Waals surface area contributed by atoms with Crippen molar-refractivity contribution in [3.8, 4) is 0 Å². The molecule has 0 spiro atoms. The molecule has 0 aliphatic heterocycles. The molecule has 0 aliphatic carbocycles. The highest BCUT2D eigenvalue weighted by Gasteiger charge is 2.20. The molecular formula is C19H32N3P. The number of aromatic nitrogens is 2. The van der Waals surface area contributed by atoms with E-state index in [1.807, 2.05) is 0 Å². The van der Waals surface area contributed by atoms with Crippen molar-refractivity contribution in [2.24, 2.45) is 4.76 Å². The molecule has 2 aromatic rings. The van der Waals surface area contributed by atoms with Gasteiger partial charge in [0.25, 0.3) is 0 Å². The van der Waals surface area contributed by atoms with Gasteiger partial charge in [-0.1, -0.05) is 39.8 Å². The molecule has 23 heavy (non-hydrogen) atoms. The second kappa shape index (κ2) is 7.21. The first kappa shape index (κ1) is 18.3. The standard InChI is InChI=1S/C19H32N3P/c1-13(2)21-17-11-9-10-12-18(17)22(14(3)4)19(21)20-23(15(5)6)16(7)8/h9-16H,1-8H3. The van der Waals surface area contributed by atoms with Crippen LogP contribution < -0.4 is 5.62 Å². The van der Waals surface area contributed by atoms with Crippen LogP contribution in [0.5, 0.6) is 0 Å². The first-order valence-corrected chi connectivity index (χ1v) is 10.2. The molecule has 0 N–H and O–H groups in total. The van der Waals surface area contributed by atoms with Crippen LogP contribution in [0.1, 0.15) is 67.5 Å². The fourth-order valence-corrected chi connectivity index (χ4v) is 5.30. The Hall–Kier alpha value is -1.08. The van der Waals surface area contributed by atoms with Crippen LogP contribution in [0, 0.1) is 0 Å². The Morgan fingerprint density at radius 3 is 1.43 bits per heavy atom. The Morgan fingerprint density at radius 2 is 1.13 bits per heavy atom. The van der Waals surface area contributed by atoms with Crippen molar-refractivity contribution in [1.29, 1.82) is 0 Å².